The first-order valence-electron chi connectivity index (χ1n) is 12.1. The zero-order valence-electron chi connectivity index (χ0n) is 20.7. The fourth-order valence-corrected chi connectivity index (χ4v) is 4.81. The number of aliphatic imine (C=N–C) groups is 1. The number of hydrazone groups is 1. The summed E-state index contributed by atoms with van der Waals surface area (Å²) in [5, 5.41) is 21.7. The summed E-state index contributed by atoms with van der Waals surface area (Å²) in [6, 6.07) is 7.60. The van der Waals surface area contributed by atoms with Crippen molar-refractivity contribution < 1.29 is 22.7 Å². The number of nitrogens with one attached hydrogen (secondary N) is 2. The lowest BCUT2D eigenvalue weighted by Gasteiger charge is -2.31. The Morgan fingerprint density at radius 1 is 1.36 bits per heavy atom. The Kier molecular flexibility index (Phi) is 9.16. The van der Waals surface area contributed by atoms with Gasteiger partial charge in [-0.3, -0.25) is 4.79 Å². The summed E-state index contributed by atoms with van der Waals surface area (Å²) in [6.45, 7) is -0.234. The number of rotatable bonds is 7. The van der Waals surface area contributed by atoms with Crippen LogP contribution in [0.2, 0.25) is 10.0 Å². The third-order valence-corrected chi connectivity index (χ3v) is 7.03. The Morgan fingerprint density at radius 2 is 2.15 bits per heavy atom. The van der Waals surface area contributed by atoms with Crippen molar-refractivity contribution >= 4 is 46.5 Å². The molecular weight excluding hydrogens is 558 g/mol. The lowest BCUT2D eigenvalue weighted by atomic mass is 10.0. The summed E-state index contributed by atoms with van der Waals surface area (Å²) >= 11 is 12.4. The van der Waals surface area contributed by atoms with Crippen molar-refractivity contribution in [2.24, 2.45) is 10.1 Å². The molecule has 0 bridgehead atoms. The van der Waals surface area contributed by atoms with Gasteiger partial charge in [-0.15, -0.1) is 4.99 Å². The molecule has 0 aliphatic carbocycles. The molecule has 2 aliphatic heterocycles. The number of anilines is 1. The maximum absolute atomic E-state index is 14.9. The standard InChI is InChI=1S/C25H24Cl2F3N7O2/c1-2-36(23(38)18-6-4-10-32-18)19-12-37(35-22(19)14-8-9-15(26)16(27)11-14)25(33-13-31)34-17-5-3-7-20(21(17)28)39-24(29)30/h3,5,7-9,11,18-19,24,32H,2,4,6,10,12H2,1H3,(H,33,34)/t18-,19?/m1/s1. The molecule has 1 fully saturated rings. The number of guanidine groups is 1. The second-order valence-corrected chi connectivity index (χ2v) is 9.46. The SMILES string of the molecule is CCN(C(=O)[C@H]1CCCN1)C1CN(/C(=N\C#N)Nc2cccc(OC(F)F)c2F)N=C1c1ccc(Cl)c(Cl)c1. The van der Waals surface area contributed by atoms with Crippen molar-refractivity contribution in [3.05, 3.63) is 57.8 Å². The van der Waals surface area contributed by atoms with Crippen LogP contribution in [0.5, 0.6) is 5.75 Å². The molecule has 0 saturated carbocycles. The van der Waals surface area contributed by atoms with Crippen LogP contribution in [0, 0.1) is 17.3 Å². The first-order valence-corrected chi connectivity index (χ1v) is 12.8. The Balaban J connectivity index is 1.70. The van der Waals surface area contributed by atoms with E-state index >= 15 is 0 Å². The first kappa shape index (κ1) is 28.5. The van der Waals surface area contributed by atoms with E-state index in [2.05, 4.69) is 25.5 Å². The van der Waals surface area contributed by atoms with Gasteiger partial charge in [-0.1, -0.05) is 35.3 Å². The second-order valence-electron chi connectivity index (χ2n) is 8.64. The van der Waals surface area contributed by atoms with E-state index in [1.807, 2.05) is 6.92 Å². The molecule has 1 amide bonds. The molecule has 0 radical (unpaired) electrons. The number of hydrogen-bond donors (Lipinski definition) is 2. The van der Waals surface area contributed by atoms with Crippen molar-refractivity contribution in [2.45, 2.75) is 38.5 Å². The van der Waals surface area contributed by atoms with Crippen molar-refractivity contribution in [3.63, 3.8) is 0 Å². The normalized spacial score (nSPS) is 19.2. The summed E-state index contributed by atoms with van der Waals surface area (Å²) in [4.78, 5) is 18.9. The van der Waals surface area contributed by atoms with Gasteiger partial charge in [-0.05, 0) is 50.6 Å². The topological polar surface area (TPSA) is 105 Å². The Bertz CT molecular complexity index is 1330. The monoisotopic (exact) mass is 581 g/mol. The summed E-state index contributed by atoms with van der Waals surface area (Å²) in [6.07, 6.45) is 3.21. The van der Waals surface area contributed by atoms with Crippen LogP contribution in [0.1, 0.15) is 25.3 Å². The second kappa shape index (κ2) is 12.5. The average Bonchev–Trinajstić information content (AvgIpc) is 3.59. The highest BCUT2D eigenvalue weighted by molar-refractivity contribution is 6.42. The number of halogens is 5. The molecule has 1 unspecified atom stereocenters. The van der Waals surface area contributed by atoms with Gasteiger partial charge in [0.1, 0.15) is 0 Å². The van der Waals surface area contributed by atoms with Gasteiger partial charge in [-0.25, -0.2) is 9.40 Å². The van der Waals surface area contributed by atoms with Crippen LogP contribution in [0.25, 0.3) is 0 Å². The molecule has 39 heavy (non-hydrogen) atoms. The van der Waals surface area contributed by atoms with Crippen LogP contribution >= 0.6 is 23.2 Å². The van der Waals surface area contributed by atoms with Gasteiger partial charge in [0.2, 0.25) is 18.1 Å². The maximum atomic E-state index is 14.9. The van der Waals surface area contributed by atoms with Gasteiger partial charge < -0.3 is 20.3 Å². The van der Waals surface area contributed by atoms with Crippen LogP contribution in [0.15, 0.2) is 46.5 Å². The summed E-state index contributed by atoms with van der Waals surface area (Å²) < 4.78 is 44.5. The number of ether oxygens (including phenoxy) is 1. The van der Waals surface area contributed by atoms with Crippen LogP contribution < -0.4 is 15.4 Å². The number of likely N-dealkylation sites (N-methyl/N-ethyl adjacent to an activating group) is 1. The molecule has 0 spiro atoms. The van der Waals surface area contributed by atoms with E-state index in [1.54, 1.807) is 29.3 Å². The number of benzene rings is 2. The highest BCUT2D eigenvalue weighted by atomic mass is 35.5. The zero-order chi connectivity index (χ0) is 28.1. The van der Waals surface area contributed by atoms with E-state index in [-0.39, 0.29) is 35.2 Å². The van der Waals surface area contributed by atoms with Gasteiger partial charge >= 0.3 is 6.61 Å². The predicted octanol–water partition coefficient (Wildman–Crippen LogP) is 4.67. The van der Waals surface area contributed by atoms with Crippen LogP contribution in [0.4, 0.5) is 18.9 Å². The minimum atomic E-state index is -3.23. The number of alkyl halides is 2. The Morgan fingerprint density at radius 3 is 2.79 bits per heavy atom. The molecule has 9 nitrogen and oxygen atoms in total. The van der Waals surface area contributed by atoms with E-state index in [1.165, 1.54) is 17.1 Å². The van der Waals surface area contributed by atoms with Crippen molar-refractivity contribution in [3.8, 4) is 11.9 Å². The number of nitrogens with zero attached hydrogens (tertiary/aromatic N) is 5. The Labute approximate surface area is 232 Å². The van der Waals surface area contributed by atoms with Gasteiger partial charge in [0.25, 0.3) is 0 Å². The van der Waals surface area contributed by atoms with Gasteiger partial charge in [0, 0.05) is 12.1 Å². The highest BCUT2D eigenvalue weighted by Gasteiger charge is 2.39. The molecule has 1 saturated heterocycles. The van der Waals surface area contributed by atoms with Gasteiger partial charge in [0.05, 0.1) is 40.1 Å². The smallest absolute Gasteiger partial charge is 0.387 e. The fraction of sp³-hybridized carbons (Fsp3) is 0.360. The van der Waals surface area contributed by atoms with E-state index in [4.69, 9.17) is 23.2 Å². The number of carbonyl (C=O) groups is 1. The molecule has 14 heteroatoms. The molecule has 0 aromatic heterocycles. The van der Waals surface area contributed by atoms with Crippen LogP contribution in [0.3, 0.4) is 0 Å². The molecular formula is C25H24Cl2F3N7O2. The largest absolute Gasteiger partial charge is 0.432 e. The first-order chi connectivity index (χ1) is 18.7. The molecule has 2 heterocycles. The zero-order valence-corrected chi connectivity index (χ0v) is 22.2. The lowest BCUT2D eigenvalue weighted by Crippen LogP contribution is -2.52. The Hall–Kier alpha value is -3.53. The van der Waals surface area contributed by atoms with E-state index in [0.29, 0.717) is 29.3 Å². The van der Waals surface area contributed by atoms with E-state index in [0.717, 1.165) is 19.0 Å². The molecule has 4 rings (SSSR count). The van der Waals surface area contributed by atoms with Crippen molar-refractivity contribution in [1.82, 2.24) is 15.2 Å². The molecule has 2 aliphatic rings. The van der Waals surface area contributed by atoms with E-state index < -0.39 is 24.2 Å². The molecule has 2 atom stereocenters. The minimum Gasteiger partial charge on any atom is -0.432 e. The van der Waals surface area contributed by atoms with Crippen molar-refractivity contribution in [2.75, 3.05) is 25.0 Å². The van der Waals surface area contributed by atoms with Gasteiger partial charge in [0.15, 0.2) is 11.6 Å². The van der Waals surface area contributed by atoms with Crippen LogP contribution in [-0.2, 0) is 4.79 Å². The third kappa shape index (κ3) is 6.38. The minimum absolute atomic E-state index is 0.0598. The third-order valence-electron chi connectivity index (χ3n) is 6.29. The summed E-state index contributed by atoms with van der Waals surface area (Å²) in [7, 11) is 0. The summed E-state index contributed by atoms with van der Waals surface area (Å²) in [5.74, 6) is -2.08. The highest BCUT2D eigenvalue weighted by Crippen LogP contribution is 2.29. The molecule has 206 valence electrons. The van der Waals surface area contributed by atoms with E-state index in [9.17, 15) is 23.2 Å². The molecule has 2 aromatic rings. The number of carbonyl (C=O) groups excluding carboxylic acids is 1. The van der Waals surface area contributed by atoms with Crippen LogP contribution in [-0.4, -0.2) is 65.8 Å². The maximum Gasteiger partial charge on any atom is 0.387 e. The van der Waals surface area contributed by atoms with Gasteiger partial charge in [-0.2, -0.15) is 19.1 Å². The predicted molar refractivity (Wildman–Crippen MR) is 142 cm³/mol. The molecule has 2 N–H and O–H groups in total. The average molecular weight is 582 g/mol. The quantitative estimate of drug-likeness (QED) is 0.279. The number of hydrogen-bond acceptors (Lipinski definition) is 6. The molecule has 2 aromatic carbocycles. The fourth-order valence-electron chi connectivity index (χ4n) is 4.51. The van der Waals surface area contributed by atoms with Crippen molar-refractivity contribution in [1.29, 1.82) is 5.26 Å². The lowest BCUT2D eigenvalue weighted by molar-refractivity contribution is -0.133. The number of nitriles is 1. The summed E-state index contributed by atoms with van der Waals surface area (Å²) in [5.41, 5.74) is 0.761. The number of amides is 1.